The Balaban J connectivity index is 2.04. The van der Waals surface area contributed by atoms with E-state index in [0.29, 0.717) is 0 Å². The molecular formula is C20H24N2OSSi. The Morgan fingerprint density at radius 2 is 1.76 bits per heavy atom. The van der Waals surface area contributed by atoms with Crippen molar-refractivity contribution in [3.05, 3.63) is 41.8 Å². The molecule has 2 aromatic heterocycles. The van der Waals surface area contributed by atoms with Crippen molar-refractivity contribution in [2.45, 2.75) is 19.6 Å². The Bertz CT molecular complexity index is 880. The van der Waals surface area contributed by atoms with Gasteiger partial charge >= 0.3 is 0 Å². The minimum absolute atomic E-state index is 0.807. The third-order valence-electron chi connectivity index (χ3n) is 4.69. The molecule has 0 aliphatic carbocycles. The van der Waals surface area contributed by atoms with Gasteiger partial charge in [0.1, 0.15) is 0 Å². The number of thiophene rings is 1. The molecule has 3 nitrogen and oxygen atoms in total. The lowest BCUT2D eigenvalue weighted by molar-refractivity contribution is 0.123. The zero-order valence-corrected chi connectivity index (χ0v) is 16.9. The third kappa shape index (κ3) is 3.12. The molecule has 25 heavy (non-hydrogen) atoms. The van der Waals surface area contributed by atoms with Gasteiger partial charge in [0.2, 0.25) is 0 Å². The van der Waals surface area contributed by atoms with E-state index >= 15 is 0 Å². The van der Waals surface area contributed by atoms with Crippen LogP contribution in [0.15, 0.2) is 41.8 Å². The van der Waals surface area contributed by atoms with Gasteiger partial charge in [-0.15, -0.1) is 11.3 Å². The van der Waals surface area contributed by atoms with Gasteiger partial charge in [0, 0.05) is 18.7 Å². The highest BCUT2D eigenvalue weighted by Crippen LogP contribution is 2.35. The molecule has 3 aromatic rings. The fourth-order valence-electron chi connectivity index (χ4n) is 3.57. The number of ether oxygens (including phenoxy) is 1. The number of anilines is 1. The topological polar surface area (TPSA) is 25.4 Å². The SMILES string of the molecule is C[Si](C)(C)c1c(-c2ccccc2)nc2ccsc2c1N1CCOCC1. The van der Waals surface area contributed by atoms with Gasteiger partial charge in [-0.1, -0.05) is 50.0 Å². The number of fused-ring (bicyclic) bond motifs is 1. The van der Waals surface area contributed by atoms with Gasteiger partial charge < -0.3 is 9.64 Å². The second-order valence-electron chi connectivity index (χ2n) is 7.53. The van der Waals surface area contributed by atoms with Crippen molar-refractivity contribution in [1.82, 2.24) is 4.98 Å². The van der Waals surface area contributed by atoms with Gasteiger partial charge in [0.25, 0.3) is 0 Å². The highest BCUT2D eigenvalue weighted by molar-refractivity contribution is 7.18. The Hall–Kier alpha value is -1.69. The summed E-state index contributed by atoms with van der Waals surface area (Å²) in [5.74, 6) is 0. The molecule has 130 valence electrons. The molecule has 1 fully saturated rings. The van der Waals surface area contributed by atoms with E-state index in [1.54, 1.807) is 0 Å². The van der Waals surface area contributed by atoms with E-state index in [0.717, 1.165) is 31.8 Å². The summed E-state index contributed by atoms with van der Waals surface area (Å²) in [5, 5.41) is 3.65. The van der Waals surface area contributed by atoms with Crippen LogP contribution in [0.25, 0.3) is 21.5 Å². The number of nitrogens with zero attached hydrogens (tertiary/aromatic N) is 2. The van der Waals surface area contributed by atoms with Crippen LogP contribution in [0, 0.1) is 0 Å². The van der Waals surface area contributed by atoms with Crippen LogP contribution in [0.1, 0.15) is 0 Å². The number of hydrogen-bond acceptors (Lipinski definition) is 4. The van der Waals surface area contributed by atoms with E-state index in [1.165, 1.54) is 26.8 Å². The van der Waals surface area contributed by atoms with E-state index in [-0.39, 0.29) is 0 Å². The summed E-state index contributed by atoms with van der Waals surface area (Å²) < 4.78 is 6.94. The smallest absolute Gasteiger partial charge is 0.0838 e. The summed E-state index contributed by atoms with van der Waals surface area (Å²) in [4.78, 5) is 7.65. The van der Waals surface area contributed by atoms with E-state index in [1.807, 2.05) is 11.3 Å². The first-order valence-corrected chi connectivity index (χ1v) is 13.2. The molecule has 0 amide bonds. The molecule has 1 aromatic carbocycles. The van der Waals surface area contributed by atoms with Crippen molar-refractivity contribution in [3.8, 4) is 11.3 Å². The van der Waals surface area contributed by atoms with Crippen molar-refractivity contribution >= 4 is 40.5 Å². The molecule has 0 saturated carbocycles. The minimum Gasteiger partial charge on any atom is -0.378 e. The predicted octanol–water partition coefficient (Wildman–Crippen LogP) is 4.35. The molecule has 1 aliphatic rings. The fraction of sp³-hybridized carbons (Fsp3) is 0.350. The van der Waals surface area contributed by atoms with Crippen LogP contribution in [0.3, 0.4) is 0 Å². The van der Waals surface area contributed by atoms with Crippen LogP contribution >= 0.6 is 11.3 Å². The minimum atomic E-state index is -1.62. The summed E-state index contributed by atoms with van der Waals surface area (Å²) in [6.45, 7) is 10.8. The van der Waals surface area contributed by atoms with Crippen molar-refractivity contribution in [3.63, 3.8) is 0 Å². The Labute approximate surface area is 154 Å². The molecule has 0 radical (unpaired) electrons. The van der Waals surface area contributed by atoms with Crippen molar-refractivity contribution < 1.29 is 4.74 Å². The Kier molecular flexibility index (Phi) is 4.39. The zero-order chi connectivity index (χ0) is 17.4. The van der Waals surface area contributed by atoms with Gasteiger partial charge in [0.05, 0.1) is 42.9 Å². The molecular weight excluding hydrogens is 344 g/mol. The maximum Gasteiger partial charge on any atom is 0.0838 e. The summed E-state index contributed by atoms with van der Waals surface area (Å²) in [5.41, 5.74) is 4.93. The average molecular weight is 369 g/mol. The zero-order valence-electron chi connectivity index (χ0n) is 15.1. The van der Waals surface area contributed by atoms with Crippen LogP contribution in [0.2, 0.25) is 19.6 Å². The summed E-state index contributed by atoms with van der Waals surface area (Å²) in [6, 6.07) is 12.8. The highest BCUT2D eigenvalue weighted by Gasteiger charge is 2.31. The second-order valence-corrected chi connectivity index (χ2v) is 13.5. The van der Waals surface area contributed by atoms with Crippen LogP contribution < -0.4 is 10.1 Å². The predicted molar refractivity (Wildman–Crippen MR) is 111 cm³/mol. The number of hydrogen-bond donors (Lipinski definition) is 0. The maximum absolute atomic E-state index is 5.61. The molecule has 1 saturated heterocycles. The number of rotatable bonds is 3. The molecule has 0 atom stereocenters. The first-order chi connectivity index (χ1) is 12.1. The lowest BCUT2D eigenvalue weighted by Gasteiger charge is -2.35. The maximum atomic E-state index is 5.61. The number of pyridine rings is 1. The Morgan fingerprint density at radius 1 is 1.04 bits per heavy atom. The highest BCUT2D eigenvalue weighted by atomic mass is 32.1. The summed E-state index contributed by atoms with van der Waals surface area (Å²) >= 11 is 1.82. The fourth-order valence-corrected chi connectivity index (χ4v) is 6.48. The quantitative estimate of drug-likeness (QED) is 0.643. The number of aromatic nitrogens is 1. The van der Waals surface area contributed by atoms with Gasteiger partial charge in [-0.3, -0.25) is 0 Å². The molecule has 0 spiro atoms. The largest absolute Gasteiger partial charge is 0.378 e. The van der Waals surface area contributed by atoms with E-state index in [2.05, 4.69) is 66.3 Å². The first-order valence-electron chi connectivity index (χ1n) is 8.85. The lowest BCUT2D eigenvalue weighted by Crippen LogP contribution is -2.47. The monoisotopic (exact) mass is 368 g/mol. The molecule has 4 rings (SSSR count). The summed E-state index contributed by atoms with van der Waals surface area (Å²) in [7, 11) is -1.62. The van der Waals surface area contributed by atoms with Crippen LogP contribution in [-0.4, -0.2) is 39.4 Å². The van der Waals surface area contributed by atoms with Gasteiger partial charge in [-0.25, -0.2) is 4.98 Å². The normalized spacial score (nSPS) is 15.7. The second kappa shape index (κ2) is 6.55. The van der Waals surface area contributed by atoms with Crippen LogP contribution in [0.4, 0.5) is 5.69 Å². The van der Waals surface area contributed by atoms with E-state index < -0.39 is 8.07 Å². The van der Waals surface area contributed by atoms with Gasteiger partial charge in [-0.2, -0.15) is 0 Å². The standard InChI is InChI=1S/C20H24N2OSSi/c1-25(2,3)20-17(15-7-5-4-6-8-15)21-16-9-14-24-19(16)18(20)22-10-12-23-13-11-22/h4-9,14H,10-13H2,1-3H3. The summed E-state index contributed by atoms with van der Waals surface area (Å²) in [6.07, 6.45) is 0. The average Bonchev–Trinajstić information content (AvgIpc) is 3.09. The first kappa shape index (κ1) is 16.8. The van der Waals surface area contributed by atoms with E-state index in [4.69, 9.17) is 9.72 Å². The van der Waals surface area contributed by atoms with Gasteiger partial charge in [0.15, 0.2) is 0 Å². The van der Waals surface area contributed by atoms with Crippen LogP contribution in [0.5, 0.6) is 0 Å². The molecule has 0 unspecified atom stereocenters. The van der Waals surface area contributed by atoms with Gasteiger partial charge in [-0.05, 0) is 16.6 Å². The number of benzene rings is 1. The molecule has 1 aliphatic heterocycles. The van der Waals surface area contributed by atoms with E-state index in [9.17, 15) is 0 Å². The molecule has 5 heteroatoms. The molecule has 0 bridgehead atoms. The van der Waals surface area contributed by atoms with Crippen molar-refractivity contribution in [2.24, 2.45) is 0 Å². The van der Waals surface area contributed by atoms with Crippen molar-refractivity contribution in [2.75, 3.05) is 31.2 Å². The lowest BCUT2D eigenvalue weighted by atomic mass is 10.1. The third-order valence-corrected chi connectivity index (χ3v) is 7.57. The Morgan fingerprint density at radius 3 is 2.44 bits per heavy atom. The van der Waals surface area contributed by atoms with Crippen LogP contribution in [-0.2, 0) is 4.74 Å². The molecule has 3 heterocycles. The molecule has 0 N–H and O–H groups in total. The van der Waals surface area contributed by atoms with Crippen molar-refractivity contribution in [1.29, 1.82) is 0 Å². The number of morpholine rings is 1.